The van der Waals surface area contributed by atoms with E-state index in [2.05, 4.69) is 40.9 Å². The number of nitrogens with zero attached hydrogens (tertiary/aromatic N) is 12. The van der Waals surface area contributed by atoms with Crippen LogP contribution in [0.5, 0.6) is 0 Å². The number of carbonyl (C=O) groups excluding carboxylic acids is 10. The van der Waals surface area contributed by atoms with E-state index in [0.29, 0.717) is 137 Å². The van der Waals surface area contributed by atoms with Gasteiger partial charge in [0.05, 0.1) is 65.1 Å². The summed E-state index contributed by atoms with van der Waals surface area (Å²) in [7, 11) is 3.56. The first-order valence-corrected chi connectivity index (χ1v) is 50.5. The molecule has 0 saturated carbocycles. The third-order valence-corrected chi connectivity index (χ3v) is 28.7. The maximum atomic E-state index is 14.1. The summed E-state index contributed by atoms with van der Waals surface area (Å²) in [6, 6.07) is 39.4. The second-order valence-electron chi connectivity index (χ2n) is 40.0. The first-order chi connectivity index (χ1) is 66.4. The van der Waals surface area contributed by atoms with Crippen molar-refractivity contribution in [2.45, 2.75) is 230 Å². The summed E-state index contributed by atoms with van der Waals surface area (Å²) in [5.41, 5.74) is 14.2. The number of likely N-dealkylation sites (N-methyl/N-ethyl adjacent to an activating group) is 1. The van der Waals surface area contributed by atoms with Crippen molar-refractivity contribution in [1.82, 2.24) is 50.8 Å². The van der Waals surface area contributed by atoms with Crippen molar-refractivity contribution in [2.24, 2.45) is 22.7 Å². The zero-order chi connectivity index (χ0) is 102. The van der Waals surface area contributed by atoms with Gasteiger partial charge in [0.25, 0.3) is 11.8 Å². The van der Waals surface area contributed by atoms with Gasteiger partial charge in [-0.1, -0.05) is 140 Å². The third-order valence-electron chi connectivity index (χ3n) is 26.0. The maximum Gasteiger partial charge on any atom is 0.259 e. The van der Waals surface area contributed by atoms with E-state index in [4.69, 9.17) is 51.8 Å². The molecule has 4 N–H and O–H groups in total. The Labute approximate surface area is 842 Å². The second kappa shape index (κ2) is 48.4. The molecule has 12 rings (SSSR count). The number of aryl methyl sites for hydroxylation is 6. The van der Waals surface area contributed by atoms with E-state index in [1.54, 1.807) is 78.5 Å². The Hall–Kier alpha value is -12.1. The van der Waals surface area contributed by atoms with Gasteiger partial charge < -0.3 is 64.9 Å². The van der Waals surface area contributed by atoms with Crippen LogP contribution in [0, 0.1) is 63.5 Å². The van der Waals surface area contributed by atoms with Gasteiger partial charge in [-0.2, -0.15) is 0 Å². The lowest BCUT2D eigenvalue weighted by atomic mass is 9.85. The van der Waals surface area contributed by atoms with E-state index in [1.807, 2.05) is 248 Å². The fourth-order valence-corrected chi connectivity index (χ4v) is 20.4. The van der Waals surface area contributed by atoms with Gasteiger partial charge in [0, 0.05) is 95.6 Å². The topological polar surface area (TPSA) is 307 Å². The van der Waals surface area contributed by atoms with Crippen molar-refractivity contribution in [1.29, 1.82) is 0 Å². The lowest BCUT2D eigenvalue weighted by Gasteiger charge is -2.35. The molecule has 0 unspecified atom stereocenters. The van der Waals surface area contributed by atoms with Gasteiger partial charge in [0.1, 0.15) is 48.5 Å². The average Bonchev–Trinajstić information content (AvgIpc) is 1.59. The minimum absolute atomic E-state index is 0.00183. The molecule has 4 fully saturated rings. The summed E-state index contributed by atoms with van der Waals surface area (Å²) in [5.74, 6) is -1.83. The summed E-state index contributed by atoms with van der Waals surface area (Å²) in [5, 5.41) is 12.6. The predicted molar refractivity (Wildman–Crippen MR) is 558 cm³/mol. The normalized spacial score (nSPS) is 17.1. The fraction of sp³-hybridized carbons (Fsp3) is 0.477. The highest BCUT2D eigenvalue weighted by atomic mass is 32.1. The van der Waals surface area contributed by atoms with Crippen LogP contribution < -0.4 is 40.9 Å². The molecule has 29 nitrogen and oxygen atoms in total. The number of benzene rings is 6. The van der Waals surface area contributed by atoms with Gasteiger partial charge >= 0.3 is 0 Å². The van der Waals surface area contributed by atoms with Crippen LogP contribution in [-0.2, 0) is 88.1 Å². The van der Waals surface area contributed by atoms with Crippen LogP contribution in [0.4, 0.5) is 34.1 Å². The maximum absolute atomic E-state index is 14.1. The molecule has 6 atom stereocenters. The van der Waals surface area contributed by atoms with Crippen LogP contribution >= 0.6 is 47.1 Å². The predicted octanol–water partition coefficient (Wildman–Crippen LogP) is 16.7. The van der Waals surface area contributed by atoms with E-state index >= 15 is 0 Å². The van der Waals surface area contributed by atoms with Crippen LogP contribution in [0.25, 0.3) is 30.6 Å². The number of anilines is 4. The molecule has 6 heterocycles. The number of ether oxygens (including phenoxy) is 3. The first kappa shape index (κ1) is 108. The fourth-order valence-electron chi connectivity index (χ4n) is 17.8. The largest absolute Gasteiger partial charge is 0.377 e. The minimum atomic E-state index is -0.923. The van der Waals surface area contributed by atoms with Crippen LogP contribution in [-0.4, -0.2) is 214 Å². The number of aromatic nitrogens is 2. The Kier molecular flexibility index (Phi) is 37.4. The van der Waals surface area contributed by atoms with Gasteiger partial charge in [-0.05, 0) is 253 Å². The number of likely N-dealkylation sites (tertiary alicyclic amines) is 2. The minimum Gasteiger partial charge on any atom is -0.377 e. The molecule has 2 aromatic heterocycles. The van der Waals surface area contributed by atoms with Gasteiger partial charge in [-0.25, -0.2) is 19.7 Å². The van der Waals surface area contributed by atoms with Crippen LogP contribution in [0.1, 0.15) is 186 Å². The molecule has 6 aromatic carbocycles. The van der Waals surface area contributed by atoms with Crippen molar-refractivity contribution < 1.29 is 62.2 Å². The summed E-state index contributed by atoms with van der Waals surface area (Å²) < 4.78 is 17.0. The van der Waals surface area contributed by atoms with E-state index < -0.39 is 52.0 Å². The van der Waals surface area contributed by atoms with Gasteiger partial charge in [-0.15, -0.1) is 22.7 Å². The molecule has 4 aliphatic heterocycles. The number of unbranched alkanes of at least 4 members (excludes halogenated alkanes) is 2. The highest BCUT2D eigenvalue weighted by molar-refractivity contribution is 7.81. The highest BCUT2D eigenvalue weighted by Gasteiger charge is 2.53. The number of thiazole rings is 2. The van der Waals surface area contributed by atoms with Crippen LogP contribution in [0.2, 0.25) is 0 Å². The quantitative estimate of drug-likeness (QED) is 0.0157. The molecule has 8 aromatic rings. The number of nitrogens with one attached hydrogen (secondary N) is 4. The van der Waals surface area contributed by atoms with E-state index in [1.165, 1.54) is 4.90 Å². The standard InChI is InChI=1S/C54H68N8O6S2.C53H66N8O7S2/c1-35-29-44(49(65)56-31-39-17-21-40(22-18-39)47-37(3)57-34-70-47)60(32-35)50(66)48(53(4,5)6)58-45(63)33-68-28-13-11-12-27-59(10)46(64)16-14-15-38-19-23-41(24-20-38)62-52(69)61(51(67)54(62,7)8)42-25-26-43(55-9)36(2)30-42;1-34-28-43(48(64)55-30-38-14-18-39(19-15-38)46-36(3)56-33-70-46)59(31-34)49(65)47(52(4,5)6)57-44(62)32-68-27-26-67-25-24-58(10)45(63)13-11-12-37-16-20-40(21-17-37)61-51(69)60(50(66)53(61,7)8)41-22-23-42(54-9)35(2)29-41/h17-26,30,34-35,44,48H,11-16,27-29,31-33H2,1-8,10H3,(H,56,65)(H,58,63);14-23,29,33-34,43,47H,11-13,24-28,30-32H2,1-8,10H3,(H,55,64)(H,57,62)/t35-,44+,48-;34-,43+,47-/m11/s1. The smallest absolute Gasteiger partial charge is 0.259 e. The zero-order valence-electron chi connectivity index (χ0n) is 83.9. The van der Waals surface area contributed by atoms with Gasteiger partial charge in [0.15, 0.2) is 21.6 Å². The number of hydrogen-bond acceptors (Lipinski definition) is 19. The first-order valence-electron chi connectivity index (χ1n) is 47.9. The number of rotatable bonds is 40. The molecule has 0 spiro atoms. The molecule has 10 amide bonds. The molecule has 4 saturated heterocycles. The Morgan fingerprint density at radius 3 is 1.24 bits per heavy atom. The molecule has 744 valence electrons. The zero-order valence-corrected chi connectivity index (χ0v) is 87.2. The Balaban J connectivity index is 0.000000268. The van der Waals surface area contributed by atoms with Crippen molar-refractivity contribution >= 4 is 151 Å². The third kappa shape index (κ3) is 27.4. The molecule has 33 heteroatoms. The molecule has 140 heavy (non-hydrogen) atoms. The summed E-state index contributed by atoms with van der Waals surface area (Å²) in [6.45, 7) is 48.2. The van der Waals surface area contributed by atoms with Gasteiger partial charge in [0.2, 0.25) is 47.3 Å². The molecule has 0 radical (unpaired) electrons. The van der Waals surface area contributed by atoms with E-state index in [-0.39, 0.29) is 91.4 Å². The van der Waals surface area contributed by atoms with Crippen molar-refractivity contribution in [3.8, 4) is 20.9 Å². The highest BCUT2D eigenvalue weighted by Crippen LogP contribution is 2.42. The summed E-state index contributed by atoms with van der Waals surface area (Å²) >= 11 is 14.9. The van der Waals surface area contributed by atoms with Crippen LogP contribution in [0.15, 0.2) is 144 Å². The Morgan fingerprint density at radius 1 is 0.493 bits per heavy atom. The van der Waals surface area contributed by atoms with E-state index in [9.17, 15) is 47.9 Å². The van der Waals surface area contributed by atoms with Crippen LogP contribution in [0.3, 0.4) is 0 Å². The average molecular weight is 1980 g/mol. The number of hydrogen-bond donors (Lipinski definition) is 4. The Bertz CT molecular complexity index is 5520. The number of thiocarbonyl (C=S) groups is 2. The Morgan fingerprint density at radius 2 is 0.864 bits per heavy atom. The lowest BCUT2D eigenvalue weighted by Crippen LogP contribution is -2.58. The summed E-state index contributed by atoms with van der Waals surface area (Å²) in [4.78, 5) is 166. The monoisotopic (exact) mass is 1980 g/mol. The van der Waals surface area contributed by atoms with Gasteiger partial charge in [-0.3, -0.25) is 57.7 Å². The van der Waals surface area contributed by atoms with E-state index in [0.717, 1.165) is 96.3 Å². The molecular formula is C107H134N16O13S4. The second-order valence-corrected chi connectivity index (χ2v) is 42.5. The molecule has 0 bridgehead atoms. The van der Waals surface area contributed by atoms with Crippen molar-refractivity contribution in [2.75, 3.05) is 99.5 Å². The molecule has 4 aliphatic rings. The van der Waals surface area contributed by atoms with Crippen molar-refractivity contribution in [3.05, 3.63) is 212 Å². The lowest BCUT2D eigenvalue weighted by molar-refractivity contribution is -0.144. The number of carbonyl (C=O) groups is 10. The number of amides is 10. The SMILES string of the molecule is [C-]#[N+]c1ccc(N2C(=O)C(C)(C)N(c3ccc(CCCC(=O)N(C)CCCCCOCC(=O)N[C@H](C(=O)N4C[C@H](C)C[C@H]4C(=O)NCc4ccc(-c5scnc5C)cc4)C(C)(C)C)cc3)C2=S)cc1C.[C-]#[N+]c1ccc(N2C(=O)C(C)(C)N(c3ccc(CCCC(=O)N(C)CCOCCOCC(=O)N[C@H](C(=O)N4C[C@H](C)C[C@H]4C(=O)NCc4ccc(-c5scnc5C)cc4)C(C)(C)C)cc3)C2=S)cc1C. The molecular weight excluding hydrogens is 1850 g/mol. The van der Waals surface area contributed by atoms with Crippen molar-refractivity contribution in [3.63, 3.8) is 0 Å². The summed E-state index contributed by atoms with van der Waals surface area (Å²) in [6.07, 6.45) is 6.94. The molecule has 0 aliphatic carbocycles.